The third-order valence-electron chi connectivity index (χ3n) is 4.07. The Labute approximate surface area is 143 Å². The summed E-state index contributed by atoms with van der Waals surface area (Å²) in [7, 11) is 0. The van der Waals surface area contributed by atoms with Gasteiger partial charge >= 0.3 is 0 Å². The average molecular weight is 346 g/mol. The van der Waals surface area contributed by atoms with E-state index >= 15 is 0 Å². The van der Waals surface area contributed by atoms with Crippen molar-refractivity contribution >= 4 is 17.7 Å². The third kappa shape index (κ3) is 3.62. The Morgan fingerprint density at radius 2 is 2.21 bits per heavy atom. The van der Waals surface area contributed by atoms with E-state index in [0.717, 1.165) is 31.0 Å². The molecule has 0 unspecified atom stereocenters. The zero-order valence-electron chi connectivity index (χ0n) is 13.3. The Morgan fingerprint density at radius 1 is 1.42 bits per heavy atom. The summed E-state index contributed by atoms with van der Waals surface area (Å²) in [4.78, 5) is 12.4. The second-order valence-corrected chi connectivity index (χ2v) is 7.15. The first-order valence-corrected chi connectivity index (χ1v) is 8.77. The van der Waals surface area contributed by atoms with Gasteiger partial charge in [-0.1, -0.05) is 31.0 Å². The number of carbonyl (C=O) groups excluding carboxylic acids is 1. The van der Waals surface area contributed by atoms with Gasteiger partial charge in [0.05, 0.1) is 17.6 Å². The van der Waals surface area contributed by atoms with E-state index in [0.29, 0.717) is 23.8 Å². The Bertz CT molecular complexity index is 729. The predicted molar refractivity (Wildman–Crippen MR) is 86.9 cm³/mol. The van der Waals surface area contributed by atoms with Crippen molar-refractivity contribution in [2.75, 3.05) is 0 Å². The Hall–Kier alpha value is -2.27. The molecule has 7 nitrogen and oxygen atoms in total. The molecule has 2 heterocycles. The maximum absolute atomic E-state index is 12.4. The average Bonchev–Trinajstić information content (AvgIpc) is 3.26. The van der Waals surface area contributed by atoms with E-state index in [4.69, 9.17) is 8.83 Å². The van der Waals surface area contributed by atoms with Crippen LogP contribution in [0.1, 0.15) is 39.0 Å². The van der Waals surface area contributed by atoms with Crippen molar-refractivity contribution in [1.82, 2.24) is 15.5 Å². The lowest BCUT2D eigenvalue weighted by atomic mass is 9.83. The lowest BCUT2D eigenvalue weighted by molar-refractivity contribution is -0.122. The smallest absolute Gasteiger partial charge is 0.284 e. The minimum atomic E-state index is -0.738. The lowest BCUT2D eigenvalue weighted by Gasteiger charge is -2.32. The third-order valence-corrected chi connectivity index (χ3v) is 5.00. The molecule has 1 amide bonds. The summed E-state index contributed by atoms with van der Waals surface area (Å²) < 4.78 is 10.7. The summed E-state index contributed by atoms with van der Waals surface area (Å²) in [5, 5.41) is 20.0. The van der Waals surface area contributed by atoms with Gasteiger partial charge in [-0.3, -0.25) is 4.79 Å². The summed E-state index contributed by atoms with van der Waals surface area (Å²) in [5.41, 5.74) is -0.738. The van der Waals surface area contributed by atoms with E-state index in [1.54, 1.807) is 19.1 Å². The van der Waals surface area contributed by atoms with Crippen molar-refractivity contribution in [1.29, 1.82) is 5.26 Å². The van der Waals surface area contributed by atoms with Crippen molar-refractivity contribution in [2.24, 2.45) is 0 Å². The van der Waals surface area contributed by atoms with Crippen LogP contribution in [0.4, 0.5) is 0 Å². The van der Waals surface area contributed by atoms with Crippen LogP contribution in [-0.4, -0.2) is 26.9 Å². The van der Waals surface area contributed by atoms with E-state index in [9.17, 15) is 10.1 Å². The van der Waals surface area contributed by atoms with Gasteiger partial charge in [0.1, 0.15) is 5.54 Å². The van der Waals surface area contributed by atoms with Crippen LogP contribution in [0.2, 0.25) is 0 Å². The quantitative estimate of drug-likeness (QED) is 0.829. The maximum Gasteiger partial charge on any atom is 0.284 e. The molecule has 0 aromatic carbocycles. The van der Waals surface area contributed by atoms with Crippen molar-refractivity contribution in [2.45, 2.75) is 55.0 Å². The Kier molecular flexibility index (Phi) is 4.90. The van der Waals surface area contributed by atoms with E-state index in [-0.39, 0.29) is 11.8 Å². The zero-order valence-corrected chi connectivity index (χ0v) is 14.1. The number of aromatic nitrogens is 2. The number of nitrogens with zero attached hydrogens (tertiary/aromatic N) is 3. The summed E-state index contributed by atoms with van der Waals surface area (Å²) >= 11 is 1.16. The standard InChI is InChI=1S/C16H18N4O3S/c1-11(13(21)18-16(10-17)7-3-2-4-8-16)24-15-20-19-14(23-15)12-6-5-9-22-12/h5-6,9,11H,2-4,7-8H2,1H3,(H,18,21)/t11-/m1/s1. The molecule has 1 saturated carbocycles. The topological polar surface area (TPSA) is 105 Å². The monoisotopic (exact) mass is 346 g/mol. The van der Waals surface area contributed by atoms with E-state index < -0.39 is 10.8 Å². The van der Waals surface area contributed by atoms with Gasteiger partial charge in [-0.25, -0.2) is 0 Å². The van der Waals surface area contributed by atoms with Crippen LogP contribution >= 0.6 is 11.8 Å². The molecule has 1 aliphatic carbocycles. The van der Waals surface area contributed by atoms with Crippen LogP contribution in [0.5, 0.6) is 0 Å². The fourth-order valence-corrected chi connectivity index (χ4v) is 3.40. The summed E-state index contributed by atoms with van der Waals surface area (Å²) in [6.45, 7) is 1.75. The summed E-state index contributed by atoms with van der Waals surface area (Å²) in [6, 6.07) is 5.73. The van der Waals surface area contributed by atoms with Crippen LogP contribution in [-0.2, 0) is 4.79 Å². The zero-order chi connectivity index (χ0) is 17.0. The van der Waals surface area contributed by atoms with Gasteiger partial charge in [0.25, 0.3) is 11.1 Å². The fraction of sp³-hybridized carbons (Fsp3) is 0.500. The van der Waals surface area contributed by atoms with Gasteiger partial charge in [0, 0.05) is 0 Å². The number of thioether (sulfide) groups is 1. The first-order valence-electron chi connectivity index (χ1n) is 7.89. The van der Waals surface area contributed by atoms with Crippen molar-refractivity contribution < 1.29 is 13.6 Å². The molecule has 1 N–H and O–H groups in total. The van der Waals surface area contributed by atoms with Crippen LogP contribution in [0.25, 0.3) is 11.7 Å². The van der Waals surface area contributed by atoms with Crippen LogP contribution in [0.15, 0.2) is 32.5 Å². The Balaban J connectivity index is 1.61. The largest absolute Gasteiger partial charge is 0.459 e. The minimum Gasteiger partial charge on any atom is -0.459 e. The number of nitrogens with one attached hydrogen (secondary N) is 1. The van der Waals surface area contributed by atoms with Gasteiger partial charge < -0.3 is 14.2 Å². The molecule has 2 aromatic rings. The number of amides is 1. The number of carbonyl (C=O) groups is 1. The molecular formula is C16H18N4O3S. The summed E-state index contributed by atoms with van der Waals surface area (Å²) in [6.07, 6.45) is 5.97. The molecule has 24 heavy (non-hydrogen) atoms. The molecule has 0 saturated heterocycles. The Morgan fingerprint density at radius 3 is 2.88 bits per heavy atom. The predicted octanol–water partition coefficient (Wildman–Crippen LogP) is 3.15. The highest BCUT2D eigenvalue weighted by Crippen LogP contribution is 2.30. The number of hydrogen-bond acceptors (Lipinski definition) is 7. The van der Waals surface area contributed by atoms with Gasteiger partial charge in [0.2, 0.25) is 5.91 Å². The van der Waals surface area contributed by atoms with Gasteiger partial charge in [-0.2, -0.15) is 5.26 Å². The molecule has 0 radical (unpaired) electrons. The van der Waals surface area contributed by atoms with Crippen LogP contribution in [0, 0.1) is 11.3 Å². The highest BCUT2D eigenvalue weighted by atomic mass is 32.2. The fourth-order valence-electron chi connectivity index (χ4n) is 2.72. The molecule has 1 aliphatic rings. The normalized spacial score (nSPS) is 17.8. The number of rotatable bonds is 5. The SMILES string of the molecule is C[C@@H](Sc1nnc(-c2ccco2)o1)C(=O)NC1(C#N)CCCCC1. The first kappa shape index (κ1) is 16.6. The second-order valence-electron chi connectivity index (χ2n) is 5.85. The molecule has 2 aromatic heterocycles. The van der Waals surface area contributed by atoms with Crippen molar-refractivity contribution in [3.8, 4) is 17.7 Å². The molecular weight excluding hydrogens is 328 g/mol. The number of furan rings is 1. The van der Waals surface area contributed by atoms with E-state index in [1.807, 2.05) is 0 Å². The number of nitriles is 1. The molecule has 0 aliphatic heterocycles. The van der Waals surface area contributed by atoms with Crippen molar-refractivity contribution in [3.05, 3.63) is 18.4 Å². The molecule has 8 heteroatoms. The molecule has 1 fully saturated rings. The van der Waals surface area contributed by atoms with Crippen molar-refractivity contribution in [3.63, 3.8) is 0 Å². The molecule has 0 spiro atoms. The molecule has 0 bridgehead atoms. The van der Waals surface area contributed by atoms with Crippen LogP contribution < -0.4 is 5.32 Å². The maximum atomic E-state index is 12.4. The minimum absolute atomic E-state index is 0.193. The second kappa shape index (κ2) is 7.09. The van der Waals surface area contributed by atoms with Gasteiger partial charge in [-0.15, -0.1) is 10.2 Å². The molecule has 1 atom stereocenters. The summed E-state index contributed by atoms with van der Waals surface area (Å²) in [5.74, 6) is 0.564. The number of hydrogen-bond donors (Lipinski definition) is 1. The van der Waals surface area contributed by atoms with E-state index in [1.165, 1.54) is 6.26 Å². The van der Waals surface area contributed by atoms with E-state index in [2.05, 4.69) is 21.6 Å². The van der Waals surface area contributed by atoms with Crippen LogP contribution in [0.3, 0.4) is 0 Å². The molecule has 126 valence electrons. The highest BCUT2D eigenvalue weighted by molar-refractivity contribution is 8.00. The van der Waals surface area contributed by atoms with Gasteiger partial charge in [0.15, 0.2) is 5.76 Å². The lowest BCUT2D eigenvalue weighted by Crippen LogP contribution is -2.50. The highest BCUT2D eigenvalue weighted by Gasteiger charge is 2.35. The first-order chi connectivity index (χ1) is 11.6. The van der Waals surface area contributed by atoms with Gasteiger partial charge in [-0.05, 0) is 31.9 Å². The molecule has 3 rings (SSSR count).